The Morgan fingerprint density at radius 1 is 1.07 bits per heavy atom. The van der Waals surface area contributed by atoms with E-state index < -0.39 is 15.9 Å². The minimum Gasteiger partial charge on any atom is -0.495 e. The van der Waals surface area contributed by atoms with E-state index in [1.54, 1.807) is 36.4 Å². The molecular formula is C21H25N3O5S. The van der Waals surface area contributed by atoms with Gasteiger partial charge in [-0.1, -0.05) is 12.1 Å². The van der Waals surface area contributed by atoms with Crippen LogP contribution >= 0.6 is 0 Å². The van der Waals surface area contributed by atoms with Crippen molar-refractivity contribution >= 4 is 33.2 Å². The van der Waals surface area contributed by atoms with Crippen molar-refractivity contribution < 1.29 is 22.7 Å². The standard InChI is InChI=1S/C21H25N3O5S/c1-15(25)22-17-9-11-18(12-10-17)30(27,28)24-13-5-6-16(14-24)21(26)23-19-7-3-4-8-20(19)29-2/h3-4,7-12,16H,5-6,13-14H2,1-2H3,(H,22,25)(H,23,26)/t16-/m0/s1. The summed E-state index contributed by atoms with van der Waals surface area (Å²) in [5.74, 6) is -0.381. The van der Waals surface area contributed by atoms with Gasteiger partial charge in [0.1, 0.15) is 5.75 Å². The number of sulfonamides is 1. The number of para-hydroxylation sites is 2. The number of anilines is 2. The first kappa shape index (κ1) is 21.8. The third-order valence-electron chi connectivity index (χ3n) is 4.93. The summed E-state index contributed by atoms with van der Waals surface area (Å²) in [5, 5.41) is 5.45. The van der Waals surface area contributed by atoms with Gasteiger partial charge in [0.05, 0.1) is 23.6 Å². The fourth-order valence-corrected chi connectivity index (χ4v) is 4.94. The normalized spacial score (nSPS) is 17.2. The molecule has 30 heavy (non-hydrogen) atoms. The van der Waals surface area contributed by atoms with Gasteiger partial charge in [-0.3, -0.25) is 9.59 Å². The molecule has 1 heterocycles. The highest BCUT2D eigenvalue weighted by molar-refractivity contribution is 7.89. The number of hydrogen-bond acceptors (Lipinski definition) is 5. The van der Waals surface area contributed by atoms with Gasteiger partial charge in [0.15, 0.2) is 0 Å². The van der Waals surface area contributed by atoms with Crippen molar-refractivity contribution in [3.8, 4) is 5.75 Å². The molecule has 1 aliphatic heterocycles. The maximum Gasteiger partial charge on any atom is 0.243 e. The van der Waals surface area contributed by atoms with Crippen molar-refractivity contribution in [3.63, 3.8) is 0 Å². The molecule has 0 unspecified atom stereocenters. The monoisotopic (exact) mass is 431 g/mol. The zero-order valence-electron chi connectivity index (χ0n) is 16.9. The largest absolute Gasteiger partial charge is 0.495 e. The van der Waals surface area contributed by atoms with E-state index in [1.165, 1.54) is 30.5 Å². The second-order valence-electron chi connectivity index (χ2n) is 7.10. The molecule has 1 atom stereocenters. The molecule has 0 aromatic heterocycles. The molecular weight excluding hydrogens is 406 g/mol. The summed E-state index contributed by atoms with van der Waals surface area (Å²) in [5.41, 5.74) is 1.08. The van der Waals surface area contributed by atoms with Crippen LogP contribution in [0.5, 0.6) is 5.75 Å². The number of piperidine rings is 1. The van der Waals surface area contributed by atoms with Gasteiger partial charge in [0.2, 0.25) is 21.8 Å². The van der Waals surface area contributed by atoms with Gasteiger partial charge in [-0.15, -0.1) is 0 Å². The SMILES string of the molecule is COc1ccccc1NC(=O)[C@H]1CCCN(S(=O)(=O)c2ccc(NC(C)=O)cc2)C1. The number of carbonyl (C=O) groups is 2. The van der Waals surface area contributed by atoms with Crippen LogP contribution in [0.3, 0.4) is 0 Å². The van der Waals surface area contributed by atoms with E-state index in [0.717, 1.165) is 0 Å². The van der Waals surface area contributed by atoms with Gasteiger partial charge in [-0.05, 0) is 49.2 Å². The first-order valence-electron chi connectivity index (χ1n) is 9.63. The van der Waals surface area contributed by atoms with Crippen LogP contribution in [0.4, 0.5) is 11.4 Å². The number of nitrogens with one attached hydrogen (secondary N) is 2. The Bertz CT molecular complexity index is 1020. The molecule has 0 aliphatic carbocycles. The minimum absolute atomic E-state index is 0.108. The van der Waals surface area contributed by atoms with Crippen molar-refractivity contribution in [2.75, 3.05) is 30.8 Å². The second-order valence-corrected chi connectivity index (χ2v) is 9.04. The van der Waals surface area contributed by atoms with Crippen LogP contribution in [-0.2, 0) is 19.6 Å². The van der Waals surface area contributed by atoms with Crippen molar-refractivity contribution in [2.24, 2.45) is 5.92 Å². The Morgan fingerprint density at radius 3 is 2.43 bits per heavy atom. The van der Waals surface area contributed by atoms with Crippen LogP contribution in [-0.4, -0.2) is 44.7 Å². The van der Waals surface area contributed by atoms with Crippen LogP contribution in [0.15, 0.2) is 53.4 Å². The molecule has 2 aromatic carbocycles. The minimum atomic E-state index is -3.74. The number of carbonyl (C=O) groups excluding carboxylic acids is 2. The molecule has 2 aromatic rings. The average Bonchev–Trinajstić information content (AvgIpc) is 2.74. The predicted molar refractivity (Wildman–Crippen MR) is 114 cm³/mol. The van der Waals surface area contributed by atoms with Gasteiger partial charge in [0, 0.05) is 25.7 Å². The maximum atomic E-state index is 13.0. The first-order chi connectivity index (χ1) is 14.3. The molecule has 160 valence electrons. The zero-order chi connectivity index (χ0) is 21.7. The number of nitrogens with zero attached hydrogens (tertiary/aromatic N) is 1. The lowest BCUT2D eigenvalue weighted by molar-refractivity contribution is -0.121. The number of benzene rings is 2. The summed E-state index contributed by atoms with van der Waals surface area (Å²) in [6.45, 7) is 1.85. The van der Waals surface area contributed by atoms with Crippen LogP contribution in [0.25, 0.3) is 0 Å². The second kappa shape index (κ2) is 9.27. The molecule has 2 N–H and O–H groups in total. The molecule has 1 saturated heterocycles. The molecule has 0 spiro atoms. The maximum absolute atomic E-state index is 13.0. The lowest BCUT2D eigenvalue weighted by Gasteiger charge is -2.31. The van der Waals surface area contributed by atoms with Crippen LogP contribution < -0.4 is 15.4 Å². The van der Waals surface area contributed by atoms with Gasteiger partial charge in [-0.25, -0.2) is 8.42 Å². The van der Waals surface area contributed by atoms with Gasteiger partial charge in [0.25, 0.3) is 0 Å². The third-order valence-corrected chi connectivity index (χ3v) is 6.81. The molecule has 1 aliphatic rings. The Morgan fingerprint density at radius 2 is 1.77 bits per heavy atom. The number of hydrogen-bond donors (Lipinski definition) is 2. The quantitative estimate of drug-likeness (QED) is 0.732. The molecule has 2 amide bonds. The summed E-state index contributed by atoms with van der Waals surface area (Å²) in [6.07, 6.45) is 1.20. The Kier molecular flexibility index (Phi) is 6.73. The highest BCUT2D eigenvalue weighted by Crippen LogP contribution is 2.28. The van der Waals surface area contributed by atoms with Crippen LogP contribution in [0, 0.1) is 5.92 Å². The number of amides is 2. The van der Waals surface area contributed by atoms with Gasteiger partial charge in [-0.2, -0.15) is 4.31 Å². The fourth-order valence-electron chi connectivity index (χ4n) is 3.42. The van der Waals surface area contributed by atoms with E-state index >= 15 is 0 Å². The van der Waals surface area contributed by atoms with Crippen molar-refractivity contribution in [2.45, 2.75) is 24.7 Å². The molecule has 8 nitrogen and oxygen atoms in total. The summed E-state index contributed by atoms with van der Waals surface area (Å²) in [7, 11) is -2.22. The Hall–Kier alpha value is -2.91. The van der Waals surface area contributed by atoms with Gasteiger partial charge < -0.3 is 15.4 Å². The van der Waals surface area contributed by atoms with E-state index in [9.17, 15) is 18.0 Å². The van der Waals surface area contributed by atoms with Crippen molar-refractivity contribution in [3.05, 3.63) is 48.5 Å². The fraction of sp³-hybridized carbons (Fsp3) is 0.333. The number of methoxy groups -OCH3 is 1. The summed E-state index contributed by atoms with van der Waals surface area (Å²) in [4.78, 5) is 24.0. The topological polar surface area (TPSA) is 105 Å². The third kappa shape index (κ3) is 4.98. The Balaban J connectivity index is 1.71. The summed E-state index contributed by atoms with van der Waals surface area (Å²) in [6, 6.07) is 13.1. The molecule has 3 rings (SSSR count). The summed E-state index contributed by atoms with van der Waals surface area (Å²) < 4.78 is 32.7. The van der Waals surface area contributed by atoms with E-state index in [4.69, 9.17) is 4.74 Å². The van der Waals surface area contributed by atoms with Crippen LogP contribution in [0.1, 0.15) is 19.8 Å². The number of rotatable bonds is 6. The van der Waals surface area contributed by atoms with E-state index in [0.29, 0.717) is 36.5 Å². The number of ether oxygens (including phenoxy) is 1. The molecule has 0 radical (unpaired) electrons. The van der Waals surface area contributed by atoms with E-state index in [2.05, 4.69) is 10.6 Å². The first-order valence-corrected chi connectivity index (χ1v) is 11.1. The molecule has 0 bridgehead atoms. The molecule has 1 fully saturated rings. The van der Waals surface area contributed by atoms with E-state index in [-0.39, 0.29) is 23.3 Å². The highest BCUT2D eigenvalue weighted by atomic mass is 32.2. The summed E-state index contributed by atoms with van der Waals surface area (Å²) >= 11 is 0. The van der Waals surface area contributed by atoms with Gasteiger partial charge >= 0.3 is 0 Å². The predicted octanol–water partition coefficient (Wildman–Crippen LogP) is 2.69. The van der Waals surface area contributed by atoms with Crippen molar-refractivity contribution in [1.82, 2.24) is 4.31 Å². The lowest BCUT2D eigenvalue weighted by atomic mass is 9.98. The van der Waals surface area contributed by atoms with Crippen LogP contribution in [0.2, 0.25) is 0 Å². The van der Waals surface area contributed by atoms with Crippen molar-refractivity contribution in [1.29, 1.82) is 0 Å². The average molecular weight is 432 g/mol. The Labute approximate surface area is 176 Å². The lowest BCUT2D eigenvalue weighted by Crippen LogP contribution is -2.43. The molecule has 0 saturated carbocycles. The molecule has 9 heteroatoms. The zero-order valence-corrected chi connectivity index (χ0v) is 17.7. The highest BCUT2D eigenvalue weighted by Gasteiger charge is 2.33. The smallest absolute Gasteiger partial charge is 0.243 e. The van der Waals surface area contributed by atoms with E-state index in [1.807, 2.05) is 0 Å².